The predicted octanol–water partition coefficient (Wildman–Crippen LogP) is 1.48. The van der Waals surface area contributed by atoms with Gasteiger partial charge in [-0.15, -0.1) is 0 Å². The van der Waals surface area contributed by atoms with Gasteiger partial charge < -0.3 is 4.74 Å². The average Bonchev–Trinajstić information content (AvgIpc) is 2.73. The maximum Gasteiger partial charge on any atom is 0.306 e. The molecule has 0 aromatic carbocycles. The Hall–Kier alpha value is -1.04. The van der Waals surface area contributed by atoms with Gasteiger partial charge in [-0.2, -0.15) is 16.9 Å². The predicted molar refractivity (Wildman–Crippen MR) is 63.1 cm³/mol. The van der Waals surface area contributed by atoms with Crippen LogP contribution in [0.5, 0.6) is 0 Å². The third kappa shape index (κ3) is 3.84. The van der Waals surface area contributed by atoms with Crippen LogP contribution in [0.2, 0.25) is 0 Å². The molecule has 6 heteroatoms. The summed E-state index contributed by atoms with van der Waals surface area (Å²) in [5, 5.41) is 4.32. The first-order chi connectivity index (χ1) is 7.67. The molecule has 5 nitrogen and oxygen atoms in total. The SMILES string of the molecule is CCn1ncnc1CSC(C)CC(=O)OC. The lowest BCUT2D eigenvalue weighted by atomic mass is 10.3. The van der Waals surface area contributed by atoms with Crippen LogP contribution >= 0.6 is 11.8 Å². The zero-order valence-corrected chi connectivity index (χ0v) is 10.7. The molecule has 0 aliphatic carbocycles. The van der Waals surface area contributed by atoms with E-state index in [-0.39, 0.29) is 11.2 Å². The number of thioether (sulfide) groups is 1. The number of ether oxygens (including phenoxy) is 1. The molecule has 0 aliphatic rings. The summed E-state index contributed by atoms with van der Waals surface area (Å²) >= 11 is 1.68. The second-order valence-corrected chi connectivity index (χ2v) is 4.82. The van der Waals surface area contributed by atoms with Crippen molar-refractivity contribution in [1.82, 2.24) is 14.8 Å². The fourth-order valence-corrected chi connectivity index (χ4v) is 2.17. The van der Waals surface area contributed by atoms with Crippen LogP contribution in [-0.2, 0) is 21.8 Å². The van der Waals surface area contributed by atoms with Crippen molar-refractivity contribution in [2.45, 2.75) is 37.8 Å². The number of hydrogen-bond acceptors (Lipinski definition) is 5. The van der Waals surface area contributed by atoms with Crippen molar-refractivity contribution in [3.8, 4) is 0 Å². The Balaban J connectivity index is 2.36. The van der Waals surface area contributed by atoms with Crippen LogP contribution in [0.15, 0.2) is 6.33 Å². The number of esters is 1. The number of methoxy groups -OCH3 is 1. The molecule has 16 heavy (non-hydrogen) atoms. The number of hydrogen-bond donors (Lipinski definition) is 0. The summed E-state index contributed by atoms with van der Waals surface area (Å²) in [7, 11) is 1.41. The minimum absolute atomic E-state index is 0.169. The Morgan fingerprint density at radius 2 is 2.44 bits per heavy atom. The Labute approximate surface area is 99.6 Å². The van der Waals surface area contributed by atoms with Crippen LogP contribution in [0.1, 0.15) is 26.1 Å². The minimum atomic E-state index is -0.169. The summed E-state index contributed by atoms with van der Waals surface area (Å²) in [5.74, 6) is 1.55. The van der Waals surface area contributed by atoms with Gasteiger partial charge in [0.2, 0.25) is 0 Å². The molecule has 1 atom stereocenters. The van der Waals surface area contributed by atoms with Crippen LogP contribution in [0.25, 0.3) is 0 Å². The highest BCUT2D eigenvalue weighted by molar-refractivity contribution is 7.99. The summed E-state index contributed by atoms with van der Waals surface area (Å²) in [4.78, 5) is 15.2. The van der Waals surface area contributed by atoms with E-state index in [0.717, 1.165) is 18.1 Å². The lowest BCUT2D eigenvalue weighted by Crippen LogP contribution is -2.10. The van der Waals surface area contributed by atoms with E-state index in [9.17, 15) is 4.79 Å². The molecule has 0 saturated carbocycles. The van der Waals surface area contributed by atoms with Crippen LogP contribution in [0.3, 0.4) is 0 Å². The van der Waals surface area contributed by atoms with Crippen molar-refractivity contribution < 1.29 is 9.53 Å². The van der Waals surface area contributed by atoms with E-state index in [2.05, 4.69) is 14.8 Å². The highest BCUT2D eigenvalue weighted by Crippen LogP contribution is 2.18. The average molecular weight is 243 g/mol. The van der Waals surface area contributed by atoms with E-state index in [1.165, 1.54) is 7.11 Å². The number of carbonyl (C=O) groups is 1. The maximum atomic E-state index is 11.0. The number of rotatable bonds is 6. The zero-order valence-electron chi connectivity index (χ0n) is 9.84. The lowest BCUT2D eigenvalue weighted by molar-refractivity contribution is -0.140. The normalized spacial score (nSPS) is 12.4. The number of carbonyl (C=O) groups excluding carboxylic acids is 1. The Kier molecular flexibility index (Phi) is 5.31. The van der Waals surface area contributed by atoms with E-state index in [0.29, 0.717) is 6.42 Å². The fourth-order valence-electron chi connectivity index (χ4n) is 1.26. The van der Waals surface area contributed by atoms with Crippen molar-refractivity contribution in [2.75, 3.05) is 7.11 Å². The quantitative estimate of drug-likeness (QED) is 0.708. The van der Waals surface area contributed by atoms with E-state index in [4.69, 9.17) is 0 Å². The molecule has 0 spiro atoms. The molecular formula is C10H17N3O2S. The number of nitrogens with zero attached hydrogens (tertiary/aromatic N) is 3. The van der Waals surface area contributed by atoms with Gasteiger partial charge in [-0.25, -0.2) is 9.67 Å². The molecule has 1 aromatic heterocycles. The minimum Gasteiger partial charge on any atom is -0.469 e. The second-order valence-electron chi connectivity index (χ2n) is 3.39. The van der Waals surface area contributed by atoms with Crippen LogP contribution in [-0.4, -0.2) is 33.1 Å². The molecule has 0 radical (unpaired) electrons. The van der Waals surface area contributed by atoms with Gasteiger partial charge in [0.15, 0.2) is 0 Å². The molecule has 90 valence electrons. The van der Waals surface area contributed by atoms with Crippen molar-refractivity contribution in [1.29, 1.82) is 0 Å². The third-order valence-corrected chi connectivity index (χ3v) is 3.33. The molecule has 0 saturated heterocycles. The van der Waals surface area contributed by atoms with E-state index >= 15 is 0 Å². The highest BCUT2D eigenvalue weighted by Gasteiger charge is 2.11. The van der Waals surface area contributed by atoms with Crippen LogP contribution < -0.4 is 0 Å². The summed E-state index contributed by atoms with van der Waals surface area (Å²) in [6, 6.07) is 0. The third-order valence-electron chi connectivity index (χ3n) is 2.17. The monoisotopic (exact) mass is 243 g/mol. The first-order valence-electron chi connectivity index (χ1n) is 5.22. The van der Waals surface area contributed by atoms with Gasteiger partial charge in [0.25, 0.3) is 0 Å². The first kappa shape index (κ1) is 13.0. The van der Waals surface area contributed by atoms with Gasteiger partial charge in [-0.1, -0.05) is 6.92 Å². The topological polar surface area (TPSA) is 57.0 Å². The number of aromatic nitrogens is 3. The van der Waals surface area contributed by atoms with Gasteiger partial charge in [0.05, 0.1) is 19.3 Å². The lowest BCUT2D eigenvalue weighted by Gasteiger charge is -2.09. The van der Waals surface area contributed by atoms with E-state index < -0.39 is 0 Å². The zero-order chi connectivity index (χ0) is 12.0. The molecule has 0 amide bonds. The summed E-state index contributed by atoms with van der Waals surface area (Å²) in [6.45, 7) is 4.86. The van der Waals surface area contributed by atoms with Crippen LogP contribution in [0.4, 0.5) is 0 Å². The molecule has 1 rings (SSSR count). The Morgan fingerprint density at radius 3 is 3.06 bits per heavy atom. The molecule has 1 heterocycles. The Bertz CT molecular complexity index is 341. The number of aryl methyl sites for hydroxylation is 1. The highest BCUT2D eigenvalue weighted by atomic mass is 32.2. The molecule has 1 aromatic rings. The summed E-state index contributed by atoms with van der Waals surface area (Å²) in [6.07, 6.45) is 1.99. The second kappa shape index (κ2) is 6.52. The van der Waals surface area contributed by atoms with Gasteiger partial charge in [0.1, 0.15) is 12.2 Å². The summed E-state index contributed by atoms with van der Waals surface area (Å²) < 4.78 is 6.48. The van der Waals surface area contributed by atoms with Crippen molar-refractivity contribution in [2.24, 2.45) is 0 Å². The molecule has 0 fully saturated rings. The molecule has 0 N–H and O–H groups in total. The molecule has 1 unspecified atom stereocenters. The van der Waals surface area contributed by atoms with Crippen molar-refractivity contribution >= 4 is 17.7 Å². The van der Waals surface area contributed by atoms with Crippen molar-refractivity contribution in [3.63, 3.8) is 0 Å². The van der Waals surface area contributed by atoms with Gasteiger partial charge >= 0.3 is 5.97 Å². The standard InChI is InChI=1S/C10H17N3O2S/c1-4-13-9(11-7-12-13)6-16-8(2)5-10(14)15-3/h7-8H,4-6H2,1-3H3. The van der Waals surface area contributed by atoms with Gasteiger partial charge in [-0.05, 0) is 6.92 Å². The Morgan fingerprint density at radius 1 is 1.69 bits per heavy atom. The molecule has 0 aliphatic heterocycles. The smallest absolute Gasteiger partial charge is 0.306 e. The maximum absolute atomic E-state index is 11.0. The molecular weight excluding hydrogens is 226 g/mol. The van der Waals surface area contributed by atoms with E-state index in [1.807, 2.05) is 18.5 Å². The fraction of sp³-hybridized carbons (Fsp3) is 0.700. The summed E-state index contributed by atoms with van der Waals surface area (Å²) in [5.41, 5.74) is 0. The van der Waals surface area contributed by atoms with Crippen LogP contribution in [0, 0.1) is 0 Å². The molecule has 0 bridgehead atoms. The largest absolute Gasteiger partial charge is 0.469 e. The van der Waals surface area contributed by atoms with Crippen molar-refractivity contribution in [3.05, 3.63) is 12.2 Å². The van der Waals surface area contributed by atoms with Gasteiger partial charge in [-0.3, -0.25) is 4.79 Å². The first-order valence-corrected chi connectivity index (χ1v) is 6.27. The van der Waals surface area contributed by atoms with E-state index in [1.54, 1.807) is 18.1 Å². The van der Waals surface area contributed by atoms with Gasteiger partial charge in [0, 0.05) is 11.8 Å².